The molecule has 1 atom stereocenters. The highest BCUT2D eigenvalue weighted by Gasteiger charge is 2.22. The second-order valence-corrected chi connectivity index (χ2v) is 5.30. The van der Waals surface area contributed by atoms with E-state index in [-0.39, 0.29) is 24.4 Å². The minimum absolute atomic E-state index is 0. The van der Waals surface area contributed by atoms with Gasteiger partial charge in [-0.25, -0.2) is 0 Å². The van der Waals surface area contributed by atoms with Crippen molar-refractivity contribution in [2.75, 3.05) is 20.7 Å². The summed E-state index contributed by atoms with van der Waals surface area (Å²) in [6.07, 6.45) is 8.99. The molecule has 0 aromatic rings. The Balaban J connectivity index is 0.00000324. The Bertz CT molecular complexity index is 240. The van der Waals surface area contributed by atoms with Crippen molar-refractivity contribution >= 4 is 18.3 Å². The number of carbonyl (C=O) groups is 1. The van der Waals surface area contributed by atoms with Crippen LogP contribution in [0.15, 0.2) is 0 Å². The van der Waals surface area contributed by atoms with Crippen LogP contribution >= 0.6 is 12.4 Å². The minimum Gasteiger partial charge on any atom is -0.380 e. The van der Waals surface area contributed by atoms with Gasteiger partial charge < -0.3 is 15.4 Å². The van der Waals surface area contributed by atoms with E-state index in [1.165, 1.54) is 32.1 Å². The third kappa shape index (κ3) is 6.59. The number of rotatable bonds is 5. The molecule has 0 aliphatic heterocycles. The summed E-state index contributed by atoms with van der Waals surface area (Å²) < 4.78 is 5.18. The van der Waals surface area contributed by atoms with Crippen LogP contribution in [-0.2, 0) is 9.53 Å². The minimum atomic E-state index is -0.145. The van der Waals surface area contributed by atoms with E-state index < -0.39 is 0 Å². The maximum absolute atomic E-state index is 12.2. The van der Waals surface area contributed by atoms with Gasteiger partial charge in [0, 0.05) is 26.7 Å². The standard InChI is InChI=1S/C14H28N2O2.ClH/c1-16(14(17)10-13(11-15)18-2)12-8-6-4-3-5-7-9-12;/h12-13H,3-11,15H2,1-2H3;1H. The van der Waals surface area contributed by atoms with Crippen molar-refractivity contribution in [3.8, 4) is 0 Å². The average molecular weight is 293 g/mol. The highest BCUT2D eigenvalue weighted by molar-refractivity contribution is 5.85. The molecule has 0 aromatic heterocycles. The lowest BCUT2D eigenvalue weighted by Crippen LogP contribution is -2.40. The Morgan fingerprint density at radius 2 is 1.79 bits per heavy atom. The first-order valence-corrected chi connectivity index (χ1v) is 7.17. The Morgan fingerprint density at radius 1 is 1.26 bits per heavy atom. The van der Waals surface area contributed by atoms with E-state index in [4.69, 9.17) is 10.5 Å². The molecule has 0 aromatic carbocycles. The summed E-state index contributed by atoms with van der Waals surface area (Å²) in [5.74, 6) is 0.165. The quantitative estimate of drug-likeness (QED) is 0.846. The predicted octanol–water partition coefficient (Wildman–Crippen LogP) is 2.34. The van der Waals surface area contributed by atoms with Crippen LogP contribution in [0.5, 0.6) is 0 Å². The summed E-state index contributed by atoms with van der Waals surface area (Å²) in [6, 6.07) is 0.410. The maximum Gasteiger partial charge on any atom is 0.225 e. The summed E-state index contributed by atoms with van der Waals surface area (Å²) in [4.78, 5) is 14.1. The third-order valence-electron chi connectivity index (χ3n) is 4.01. The molecule has 1 unspecified atom stereocenters. The van der Waals surface area contributed by atoms with Gasteiger partial charge in [0.1, 0.15) is 0 Å². The molecule has 1 saturated carbocycles. The second-order valence-electron chi connectivity index (χ2n) is 5.30. The fourth-order valence-corrected chi connectivity index (χ4v) is 2.63. The van der Waals surface area contributed by atoms with Crippen molar-refractivity contribution in [3.63, 3.8) is 0 Å². The molecule has 5 heteroatoms. The number of carbonyl (C=O) groups excluding carboxylic acids is 1. The molecule has 1 aliphatic rings. The van der Waals surface area contributed by atoms with Crippen molar-refractivity contribution in [1.29, 1.82) is 0 Å². The van der Waals surface area contributed by atoms with Gasteiger partial charge in [-0.05, 0) is 12.8 Å². The number of amides is 1. The first-order chi connectivity index (χ1) is 8.69. The summed E-state index contributed by atoms with van der Waals surface area (Å²) in [5.41, 5.74) is 5.56. The zero-order valence-corrected chi connectivity index (χ0v) is 13.1. The monoisotopic (exact) mass is 292 g/mol. The molecular weight excluding hydrogens is 264 g/mol. The van der Waals surface area contributed by atoms with E-state index >= 15 is 0 Å². The largest absolute Gasteiger partial charge is 0.380 e. The molecule has 1 fully saturated rings. The van der Waals surface area contributed by atoms with Crippen LogP contribution in [0, 0.1) is 0 Å². The SMILES string of the molecule is COC(CN)CC(=O)N(C)C1CCCCCCC1.Cl. The van der Waals surface area contributed by atoms with Gasteiger partial charge in [0.15, 0.2) is 0 Å². The summed E-state index contributed by atoms with van der Waals surface area (Å²) in [6.45, 7) is 0.404. The molecule has 2 N–H and O–H groups in total. The molecule has 114 valence electrons. The zero-order valence-electron chi connectivity index (χ0n) is 12.3. The number of methoxy groups -OCH3 is 1. The second kappa shape index (κ2) is 10.5. The average Bonchev–Trinajstić information content (AvgIpc) is 2.34. The molecule has 1 amide bonds. The van der Waals surface area contributed by atoms with Gasteiger partial charge in [-0.3, -0.25) is 4.79 Å². The first-order valence-electron chi connectivity index (χ1n) is 7.17. The van der Waals surface area contributed by atoms with E-state index in [1.54, 1.807) is 7.11 Å². The Kier molecular flexibility index (Phi) is 10.3. The first kappa shape index (κ1) is 18.7. The number of hydrogen-bond acceptors (Lipinski definition) is 3. The lowest BCUT2D eigenvalue weighted by Gasteiger charge is -2.30. The van der Waals surface area contributed by atoms with Crippen molar-refractivity contribution in [3.05, 3.63) is 0 Å². The molecule has 0 saturated heterocycles. The summed E-state index contributed by atoms with van der Waals surface area (Å²) in [5, 5.41) is 0. The lowest BCUT2D eigenvalue weighted by molar-refractivity contribution is -0.134. The van der Waals surface area contributed by atoms with E-state index in [0.29, 0.717) is 19.0 Å². The predicted molar refractivity (Wildman–Crippen MR) is 80.6 cm³/mol. The van der Waals surface area contributed by atoms with Crippen molar-refractivity contribution in [2.45, 2.75) is 63.5 Å². The van der Waals surface area contributed by atoms with Crippen LogP contribution in [0.4, 0.5) is 0 Å². The van der Waals surface area contributed by atoms with Gasteiger partial charge in [-0.15, -0.1) is 12.4 Å². The topological polar surface area (TPSA) is 55.6 Å². The van der Waals surface area contributed by atoms with E-state index in [0.717, 1.165) is 12.8 Å². The van der Waals surface area contributed by atoms with Gasteiger partial charge in [0.25, 0.3) is 0 Å². The van der Waals surface area contributed by atoms with Crippen LogP contribution in [0.25, 0.3) is 0 Å². The van der Waals surface area contributed by atoms with Gasteiger partial charge in [-0.2, -0.15) is 0 Å². The smallest absolute Gasteiger partial charge is 0.225 e. The fraction of sp³-hybridized carbons (Fsp3) is 0.929. The maximum atomic E-state index is 12.2. The van der Waals surface area contributed by atoms with Gasteiger partial charge in [-0.1, -0.05) is 32.1 Å². The highest BCUT2D eigenvalue weighted by atomic mass is 35.5. The summed E-state index contributed by atoms with van der Waals surface area (Å²) in [7, 11) is 3.54. The lowest BCUT2D eigenvalue weighted by atomic mass is 9.95. The Labute approximate surface area is 123 Å². The number of nitrogens with zero attached hydrogens (tertiary/aromatic N) is 1. The molecular formula is C14H29ClN2O2. The highest BCUT2D eigenvalue weighted by Crippen LogP contribution is 2.21. The number of ether oxygens (including phenoxy) is 1. The summed E-state index contributed by atoms with van der Waals surface area (Å²) >= 11 is 0. The van der Waals surface area contributed by atoms with E-state index in [1.807, 2.05) is 11.9 Å². The number of nitrogens with two attached hydrogens (primary N) is 1. The van der Waals surface area contributed by atoms with Crippen LogP contribution < -0.4 is 5.73 Å². The molecule has 4 nitrogen and oxygen atoms in total. The van der Waals surface area contributed by atoms with E-state index in [2.05, 4.69) is 0 Å². The third-order valence-corrected chi connectivity index (χ3v) is 4.01. The molecule has 1 aliphatic carbocycles. The van der Waals surface area contributed by atoms with E-state index in [9.17, 15) is 4.79 Å². The van der Waals surface area contributed by atoms with Crippen LogP contribution in [0.3, 0.4) is 0 Å². The van der Waals surface area contributed by atoms with Gasteiger partial charge >= 0.3 is 0 Å². The number of halogens is 1. The molecule has 0 bridgehead atoms. The molecule has 0 heterocycles. The van der Waals surface area contributed by atoms with Crippen molar-refractivity contribution in [2.24, 2.45) is 5.73 Å². The Morgan fingerprint density at radius 3 is 2.26 bits per heavy atom. The number of hydrogen-bond donors (Lipinski definition) is 1. The van der Waals surface area contributed by atoms with Gasteiger partial charge in [0.05, 0.1) is 12.5 Å². The van der Waals surface area contributed by atoms with Crippen molar-refractivity contribution < 1.29 is 9.53 Å². The molecule has 19 heavy (non-hydrogen) atoms. The molecule has 1 rings (SSSR count). The van der Waals surface area contributed by atoms with Crippen LogP contribution in [0.1, 0.15) is 51.4 Å². The van der Waals surface area contributed by atoms with Crippen LogP contribution in [0.2, 0.25) is 0 Å². The van der Waals surface area contributed by atoms with Gasteiger partial charge in [0.2, 0.25) is 5.91 Å². The fourth-order valence-electron chi connectivity index (χ4n) is 2.63. The normalized spacial score (nSPS) is 18.9. The van der Waals surface area contributed by atoms with Crippen LogP contribution in [-0.4, -0.2) is 43.7 Å². The zero-order chi connectivity index (χ0) is 13.4. The Hall–Kier alpha value is -0.320. The van der Waals surface area contributed by atoms with Crippen molar-refractivity contribution in [1.82, 2.24) is 4.90 Å². The molecule has 0 spiro atoms. The molecule has 0 radical (unpaired) electrons.